The van der Waals surface area contributed by atoms with Crippen LogP contribution in [-0.2, 0) is 9.22 Å². The highest BCUT2D eigenvalue weighted by Gasteiger charge is 2.35. The number of aldehydes is 1. The van der Waals surface area contributed by atoms with E-state index in [9.17, 15) is 4.79 Å². The third-order valence-corrected chi connectivity index (χ3v) is 9.01. The highest BCUT2D eigenvalue weighted by atomic mass is 28.4. The molecule has 0 aliphatic carbocycles. The molecule has 2 nitrogen and oxygen atoms in total. The van der Waals surface area contributed by atoms with Crippen molar-refractivity contribution in [1.29, 1.82) is 0 Å². The van der Waals surface area contributed by atoms with Gasteiger partial charge in [0, 0.05) is 5.92 Å². The van der Waals surface area contributed by atoms with E-state index in [4.69, 9.17) is 4.43 Å². The van der Waals surface area contributed by atoms with E-state index in [2.05, 4.69) is 27.7 Å². The summed E-state index contributed by atoms with van der Waals surface area (Å²) in [7, 11) is -1.66. The average molecular weight is 301 g/mol. The molecule has 0 saturated carbocycles. The third kappa shape index (κ3) is 7.58. The minimum absolute atomic E-state index is 0.0201. The predicted molar refractivity (Wildman–Crippen MR) is 90.7 cm³/mol. The molecule has 0 unspecified atom stereocenters. The molecular weight excluding hydrogens is 264 g/mol. The zero-order chi connectivity index (χ0) is 15.4. The van der Waals surface area contributed by atoms with E-state index < -0.39 is 8.32 Å². The van der Waals surface area contributed by atoms with Gasteiger partial charge in [-0.3, -0.25) is 0 Å². The van der Waals surface area contributed by atoms with Gasteiger partial charge in [-0.05, 0) is 25.1 Å². The SMILES string of the molecule is CCCC[Si](CCCC)(CCCC)O[C@H](C)[C@@H](C)C=O. The molecule has 0 heterocycles. The molecular formula is C17H36O2Si. The number of unbranched alkanes of at least 4 members (excludes halogenated alkanes) is 3. The van der Waals surface area contributed by atoms with Crippen LogP contribution in [0.2, 0.25) is 18.1 Å². The fourth-order valence-electron chi connectivity index (χ4n) is 2.66. The molecule has 0 amide bonds. The van der Waals surface area contributed by atoms with Crippen molar-refractivity contribution in [2.45, 2.75) is 97.4 Å². The van der Waals surface area contributed by atoms with E-state index in [0.29, 0.717) is 0 Å². The first kappa shape index (κ1) is 19.8. The van der Waals surface area contributed by atoms with Crippen LogP contribution in [0.1, 0.15) is 73.1 Å². The monoisotopic (exact) mass is 300 g/mol. The van der Waals surface area contributed by atoms with Gasteiger partial charge >= 0.3 is 0 Å². The second kappa shape index (κ2) is 11.5. The molecule has 0 aromatic heterocycles. The van der Waals surface area contributed by atoms with Crippen molar-refractivity contribution < 1.29 is 9.22 Å². The molecule has 0 fully saturated rings. The topological polar surface area (TPSA) is 26.3 Å². The van der Waals surface area contributed by atoms with Gasteiger partial charge in [0.2, 0.25) is 0 Å². The lowest BCUT2D eigenvalue weighted by Crippen LogP contribution is -2.43. The van der Waals surface area contributed by atoms with Crippen molar-refractivity contribution in [3.05, 3.63) is 0 Å². The Bertz CT molecular complexity index is 221. The molecule has 3 heteroatoms. The van der Waals surface area contributed by atoms with Crippen LogP contribution in [0.4, 0.5) is 0 Å². The van der Waals surface area contributed by atoms with Gasteiger partial charge in [0.1, 0.15) is 6.29 Å². The van der Waals surface area contributed by atoms with E-state index in [1.807, 2.05) is 6.92 Å². The summed E-state index contributed by atoms with van der Waals surface area (Å²) < 4.78 is 6.60. The first-order chi connectivity index (χ1) is 9.55. The minimum Gasteiger partial charge on any atom is -0.413 e. The number of carbonyl (C=O) groups is 1. The summed E-state index contributed by atoms with van der Waals surface area (Å²) in [6, 6.07) is 3.83. The molecule has 0 saturated heterocycles. The highest BCUT2D eigenvalue weighted by Crippen LogP contribution is 2.31. The van der Waals surface area contributed by atoms with Crippen LogP contribution in [0.3, 0.4) is 0 Å². The summed E-state index contributed by atoms with van der Waals surface area (Å²) in [5, 5.41) is 0. The zero-order valence-corrected chi connectivity index (χ0v) is 15.4. The molecule has 0 rings (SSSR count). The van der Waals surface area contributed by atoms with Crippen LogP contribution in [0.5, 0.6) is 0 Å². The summed E-state index contributed by atoms with van der Waals surface area (Å²) in [6.07, 6.45) is 8.70. The fraction of sp³-hybridized carbons (Fsp3) is 0.941. The van der Waals surface area contributed by atoms with Gasteiger partial charge in [-0.2, -0.15) is 0 Å². The lowest BCUT2D eigenvalue weighted by Gasteiger charge is -2.36. The van der Waals surface area contributed by atoms with Crippen molar-refractivity contribution in [1.82, 2.24) is 0 Å². The Hall–Kier alpha value is -0.153. The normalized spacial score (nSPS) is 15.1. The Balaban J connectivity index is 4.86. The highest BCUT2D eigenvalue weighted by molar-refractivity contribution is 6.73. The maximum Gasteiger partial charge on any atom is 0.193 e. The van der Waals surface area contributed by atoms with Crippen LogP contribution >= 0.6 is 0 Å². The molecule has 0 radical (unpaired) electrons. The first-order valence-electron chi connectivity index (χ1n) is 8.68. The Morgan fingerprint density at radius 3 is 1.60 bits per heavy atom. The van der Waals surface area contributed by atoms with Gasteiger partial charge in [0.15, 0.2) is 8.32 Å². The van der Waals surface area contributed by atoms with Crippen molar-refractivity contribution in [3.63, 3.8) is 0 Å². The molecule has 0 bridgehead atoms. The van der Waals surface area contributed by atoms with E-state index in [1.165, 1.54) is 56.7 Å². The maximum absolute atomic E-state index is 11.0. The molecule has 2 atom stereocenters. The largest absolute Gasteiger partial charge is 0.413 e. The summed E-state index contributed by atoms with van der Waals surface area (Å²) >= 11 is 0. The number of carbonyl (C=O) groups excluding carboxylic acids is 1. The lowest BCUT2D eigenvalue weighted by atomic mass is 10.1. The molecule has 120 valence electrons. The molecule has 0 spiro atoms. The fourth-order valence-corrected chi connectivity index (χ4v) is 7.76. The van der Waals surface area contributed by atoms with E-state index >= 15 is 0 Å². The van der Waals surface area contributed by atoms with Gasteiger partial charge in [-0.25, -0.2) is 0 Å². The van der Waals surface area contributed by atoms with Crippen LogP contribution in [-0.4, -0.2) is 20.7 Å². The number of rotatable bonds is 13. The van der Waals surface area contributed by atoms with Crippen molar-refractivity contribution in [2.75, 3.05) is 0 Å². The predicted octanol–water partition coefficient (Wildman–Crippen LogP) is 5.57. The number of hydrogen-bond donors (Lipinski definition) is 0. The second-order valence-electron chi connectivity index (χ2n) is 6.31. The number of hydrogen-bond acceptors (Lipinski definition) is 2. The minimum atomic E-state index is -1.66. The average Bonchev–Trinajstić information content (AvgIpc) is 2.47. The van der Waals surface area contributed by atoms with E-state index in [0.717, 1.165) is 6.29 Å². The van der Waals surface area contributed by atoms with Crippen LogP contribution < -0.4 is 0 Å². The lowest BCUT2D eigenvalue weighted by molar-refractivity contribution is -0.112. The Labute approximate surface area is 127 Å². The summed E-state index contributed by atoms with van der Waals surface area (Å²) in [5.74, 6) is 0.0201. The van der Waals surface area contributed by atoms with Crippen molar-refractivity contribution in [3.8, 4) is 0 Å². The quantitative estimate of drug-likeness (QED) is 0.328. The van der Waals surface area contributed by atoms with Gasteiger partial charge in [0.25, 0.3) is 0 Å². The second-order valence-corrected chi connectivity index (χ2v) is 10.4. The molecule has 20 heavy (non-hydrogen) atoms. The Morgan fingerprint density at radius 2 is 1.30 bits per heavy atom. The maximum atomic E-state index is 11.0. The third-order valence-electron chi connectivity index (χ3n) is 4.35. The van der Waals surface area contributed by atoms with E-state index in [1.54, 1.807) is 0 Å². The van der Waals surface area contributed by atoms with Gasteiger partial charge in [0.05, 0.1) is 6.10 Å². The standard InChI is InChI=1S/C17H36O2Si/c1-6-9-12-20(13-10-7-2,14-11-8-3)19-17(5)16(4)15-18/h15-17H,6-14H2,1-5H3/t16-,17+/m0/s1. The summed E-state index contributed by atoms with van der Waals surface area (Å²) in [5.41, 5.74) is 0. The first-order valence-corrected chi connectivity index (χ1v) is 11.2. The molecule has 0 aromatic rings. The molecule has 0 aromatic carbocycles. The molecule has 0 N–H and O–H groups in total. The van der Waals surface area contributed by atoms with E-state index in [-0.39, 0.29) is 12.0 Å². The van der Waals surface area contributed by atoms with Gasteiger partial charge in [-0.15, -0.1) is 0 Å². The Kier molecular flexibility index (Phi) is 11.4. The van der Waals surface area contributed by atoms with Gasteiger partial charge < -0.3 is 9.22 Å². The molecule has 0 aliphatic rings. The van der Waals surface area contributed by atoms with Crippen LogP contribution in [0.15, 0.2) is 0 Å². The zero-order valence-electron chi connectivity index (χ0n) is 14.4. The van der Waals surface area contributed by atoms with Crippen molar-refractivity contribution in [2.24, 2.45) is 5.92 Å². The van der Waals surface area contributed by atoms with Crippen molar-refractivity contribution >= 4 is 14.6 Å². The summed E-state index contributed by atoms with van der Waals surface area (Å²) in [6.45, 7) is 10.9. The Morgan fingerprint density at radius 1 is 0.900 bits per heavy atom. The van der Waals surface area contributed by atoms with Crippen LogP contribution in [0, 0.1) is 5.92 Å². The molecule has 0 aliphatic heterocycles. The van der Waals surface area contributed by atoms with Crippen LogP contribution in [0.25, 0.3) is 0 Å². The summed E-state index contributed by atoms with van der Waals surface area (Å²) in [4.78, 5) is 11.0. The smallest absolute Gasteiger partial charge is 0.193 e. The van der Waals surface area contributed by atoms with Gasteiger partial charge in [-0.1, -0.05) is 66.2 Å².